The minimum absolute atomic E-state index is 0.0134. The Morgan fingerprint density at radius 2 is 2.31 bits per heavy atom. The highest BCUT2D eigenvalue weighted by molar-refractivity contribution is 5.33. The summed E-state index contributed by atoms with van der Waals surface area (Å²) in [6, 6.07) is 3.05. The zero-order valence-corrected chi connectivity index (χ0v) is 7.86. The second-order valence-corrected chi connectivity index (χ2v) is 3.00. The van der Waals surface area contributed by atoms with E-state index in [1.807, 2.05) is 6.92 Å². The number of hydrogen-bond donors (Lipinski definition) is 1. The van der Waals surface area contributed by atoms with Gasteiger partial charge in [0.15, 0.2) is 0 Å². The number of nitrogens with two attached hydrogens (primary N) is 1. The Balaban J connectivity index is 2.87. The van der Waals surface area contributed by atoms with Crippen LogP contribution in [0.4, 0.5) is 5.69 Å². The molecule has 0 amide bonds. The minimum Gasteiger partial charge on any atom is -0.398 e. The Labute approximate surface area is 76.9 Å². The van der Waals surface area contributed by atoms with Crippen LogP contribution in [0.15, 0.2) is 23.1 Å². The molecule has 0 aliphatic heterocycles. The predicted molar refractivity (Wildman–Crippen MR) is 51.6 cm³/mol. The first kappa shape index (κ1) is 9.80. The number of ether oxygens (including phenoxy) is 1. The van der Waals surface area contributed by atoms with E-state index >= 15 is 0 Å². The van der Waals surface area contributed by atoms with Gasteiger partial charge in [0.1, 0.15) is 0 Å². The number of aromatic nitrogens is 1. The molecule has 0 aromatic carbocycles. The summed E-state index contributed by atoms with van der Waals surface area (Å²) in [5, 5.41) is 0. The third-order valence-corrected chi connectivity index (χ3v) is 1.86. The summed E-state index contributed by atoms with van der Waals surface area (Å²) < 4.78 is 6.59. The van der Waals surface area contributed by atoms with Gasteiger partial charge in [-0.15, -0.1) is 0 Å². The fraction of sp³-hybridized carbons (Fsp3) is 0.444. The number of rotatable bonds is 3. The molecular formula is C9H14N2O2. The van der Waals surface area contributed by atoms with Gasteiger partial charge in [-0.1, -0.05) is 0 Å². The molecule has 4 nitrogen and oxygen atoms in total. The monoisotopic (exact) mass is 182 g/mol. The van der Waals surface area contributed by atoms with Crippen molar-refractivity contribution in [2.45, 2.75) is 19.6 Å². The summed E-state index contributed by atoms with van der Waals surface area (Å²) in [5.41, 5.74) is 6.07. The number of nitrogen functional groups attached to an aromatic ring is 1. The molecule has 0 spiro atoms. The van der Waals surface area contributed by atoms with Crippen molar-refractivity contribution in [1.82, 2.24) is 4.57 Å². The van der Waals surface area contributed by atoms with E-state index in [9.17, 15) is 4.79 Å². The smallest absolute Gasteiger partial charge is 0.250 e. The largest absolute Gasteiger partial charge is 0.398 e. The quantitative estimate of drug-likeness (QED) is 0.739. The maximum absolute atomic E-state index is 11.3. The van der Waals surface area contributed by atoms with Crippen LogP contribution in [0.5, 0.6) is 0 Å². The molecule has 0 saturated carbocycles. The first-order valence-corrected chi connectivity index (χ1v) is 4.12. The molecular weight excluding hydrogens is 168 g/mol. The van der Waals surface area contributed by atoms with Crippen LogP contribution in [-0.4, -0.2) is 17.8 Å². The average molecular weight is 182 g/mol. The summed E-state index contributed by atoms with van der Waals surface area (Å²) in [4.78, 5) is 11.3. The van der Waals surface area contributed by atoms with Crippen LogP contribution < -0.4 is 11.3 Å². The van der Waals surface area contributed by atoms with Crippen LogP contribution in [0.25, 0.3) is 0 Å². The topological polar surface area (TPSA) is 57.2 Å². The van der Waals surface area contributed by atoms with Crippen LogP contribution >= 0.6 is 0 Å². The molecule has 0 aliphatic rings. The normalized spacial score (nSPS) is 12.8. The van der Waals surface area contributed by atoms with Crippen molar-refractivity contribution >= 4 is 5.69 Å². The molecule has 0 saturated heterocycles. The first-order valence-electron chi connectivity index (χ1n) is 4.12. The van der Waals surface area contributed by atoms with Gasteiger partial charge in [-0.2, -0.15) is 0 Å². The number of anilines is 1. The van der Waals surface area contributed by atoms with Gasteiger partial charge in [0.2, 0.25) is 0 Å². The number of methoxy groups -OCH3 is 1. The van der Waals surface area contributed by atoms with Crippen LogP contribution in [0, 0.1) is 0 Å². The van der Waals surface area contributed by atoms with Gasteiger partial charge in [0.25, 0.3) is 5.56 Å². The third kappa shape index (κ3) is 2.59. The molecule has 1 heterocycles. The van der Waals surface area contributed by atoms with E-state index in [1.165, 1.54) is 6.07 Å². The number of pyridine rings is 1. The number of nitrogens with zero attached hydrogens (tertiary/aromatic N) is 1. The molecule has 1 unspecified atom stereocenters. The Hall–Kier alpha value is -1.29. The van der Waals surface area contributed by atoms with Crippen molar-refractivity contribution < 1.29 is 4.74 Å². The van der Waals surface area contributed by atoms with Crippen LogP contribution in [-0.2, 0) is 11.3 Å². The summed E-state index contributed by atoms with van der Waals surface area (Å²) in [7, 11) is 1.61. The number of hydrogen-bond acceptors (Lipinski definition) is 3. The molecule has 72 valence electrons. The molecule has 2 N–H and O–H groups in total. The lowest BCUT2D eigenvalue weighted by atomic mass is 10.3. The molecule has 13 heavy (non-hydrogen) atoms. The minimum atomic E-state index is -0.0573. The molecule has 1 aromatic heterocycles. The van der Waals surface area contributed by atoms with E-state index in [2.05, 4.69) is 0 Å². The van der Waals surface area contributed by atoms with Crippen molar-refractivity contribution in [3.63, 3.8) is 0 Å². The Kier molecular flexibility index (Phi) is 3.08. The summed E-state index contributed by atoms with van der Waals surface area (Å²) in [6.07, 6.45) is 1.64. The molecule has 1 atom stereocenters. The van der Waals surface area contributed by atoms with E-state index in [1.54, 1.807) is 23.9 Å². The van der Waals surface area contributed by atoms with Crippen molar-refractivity contribution in [1.29, 1.82) is 0 Å². The van der Waals surface area contributed by atoms with Crippen molar-refractivity contribution in [2.75, 3.05) is 12.8 Å². The second kappa shape index (κ2) is 4.09. The van der Waals surface area contributed by atoms with Crippen molar-refractivity contribution in [3.05, 3.63) is 28.7 Å². The van der Waals surface area contributed by atoms with Gasteiger partial charge >= 0.3 is 0 Å². The molecule has 0 fully saturated rings. The van der Waals surface area contributed by atoms with Crippen molar-refractivity contribution in [2.24, 2.45) is 0 Å². The molecule has 0 bridgehead atoms. The van der Waals surface area contributed by atoms with E-state index < -0.39 is 0 Å². The van der Waals surface area contributed by atoms with Gasteiger partial charge in [0, 0.05) is 25.1 Å². The molecule has 0 radical (unpaired) electrons. The van der Waals surface area contributed by atoms with Crippen LogP contribution in [0.2, 0.25) is 0 Å². The van der Waals surface area contributed by atoms with Crippen molar-refractivity contribution in [3.8, 4) is 0 Å². The van der Waals surface area contributed by atoms with Gasteiger partial charge in [-0.25, -0.2) is 0 Å². The van der Waals surface area contributed by atoms with Gasteiger partial charge in [-0.05, 0) is 13.0 Å². The third-order valence-electron chi connectivity index (χ3n) is 1.86. The second-order valence-electron chi connectivity index (χ2n) is 3.00. The molecule has 0 aliphatic carbocycles. The SMILES string of the molecule is COC(C)Cn1cc(N)ccc1=O. The van der Waals surface area contributed by atoms with E-state index in [0.717, 1.165) is 0 Å². The van der Waals surface area contributed by atoms with Crippen LogP contribution in [0.3, 0.4) is 0 Å². The maximum atomic E-state index is 11.3. The highest BCUT2D eigenvalue weighted by Gasteiger charge is 2.02. The Morgan fingerprint density at radius 3 is 2.92 bits per heavy atom. The predicted octanol–water partition coefficient (Wildman–Crippen LogP) is 0.465. The summed E-state index contributed by atoms with van der Waals surface area (Å²) in [5.74, 6) is 0. The molecule has 1 rings (SSSR count). The lowest BCUT2D eigenvalue weighted by Crippen LogP contribution is -2.25. The maximum Gasteiger partial charge on any atom is 0.250 e. The lowest BCUT2D eigenvalue weighted by molar-refractivity contribution is 0.102. The van der Waals surface area contributed by atoms with Gasteiger partial charge in [-0.3, -0.25) is 4.79 Å². The molecule has 1 aromatic rings. The fourth-order valence-corrected chi connectivity index (χ4v) is 1.04. The lowest BCUT2D eigenvalue weighted by Gasteiger charge is -2.11. The summed E-state index contributed by atoms with van der Waals surface area (Å²) >= 11 is 0. The Morgan fingerprint density at radius 1 is 1.62 bits per heavy atom. The highest BCUT2D eigenvalue weighted by atomic mass is 16.5. The van der Waals surface area contributed by atoms with E-state index in [-0.39, 0.29) is 11.7 Å². The van der Waals surface area contributed by atoms with E-state index in [0.29, 0.717) is 12.2 Å². The van der Waals surface area contributed by atoms with Gasteiger partial charge in [0.05, 0.1) is 12.6 Å². The highest BCUT2D eigenvalue weighted by Crippen LogP contribution is 1.98. The average Bonchev–Trinajstić information content (AvgIpc) is 2.11. The summed E-state index contributed by atoms with van der Waals surface area (Å²) in [6.45, 7) is 2.43. The standard InChI is InChI=1S/C9H14N2O2/c1-7(13-2)5-11-6-8(10)3-4-9(11)12/h3-4,6-7H,5,10H2,1-2H3. The first-order chi connectivity index (χ1) is 6.13. The zero-order chi connectivity index (χ0) is 9.84. The Bertz CT molecular complexity index is 333. The fourth-order valence-electron chi connectivity index (χ4n) is 1.04. The zero-order valence-electron chi connectivity index (χ0n) is 7.86. The molecule has 4 heteroatoms. The van der Waals surface area contributed by atoms with Gasteiger partial charge < -0.3 is 15.0 Å². The van der Waals surface area contributed by atoms with Crippen LogP contribution in [0.1, 0.15) is 6.92 Å². The van der Waals surface area contributed by atoms with E-state index in [4.69, 9.17) is 10.5 Å².